The van der Waals surface area contributed by atoms with Crippen LogP contribution in [-0.2, 0) is 72.6 Å². The summed E-state index contributed by atoms with van der Waals surface area (Å²) in [5.74, 6) is -1.48. The maximum atomic E-state index is 13.1. The van der Waals surface area contributed by atoms with Gasteiger partial charge in [-0.25, -0.2) is 0 Å². The van der Waals surface area contributed by atoms with E-state index in [-0.39, 0.29) is 83.7 Å². The molecule has 4 aromatic carbocycles. The Labute approximate surface area is 558 Å². The monoisotopic (exact) mass is 1340 g/mol. The zero-order chi connectivity index (χ0) is 69.9. The van der Waals surface area contributed by atoms with Crippen LogP contribution in [-0.4, -0.2) is 72.6 Å². The van der Waals surface area contributed by atoms with Gasteiger partial charge in [0, 0.05) is 77.1 Å². The highest BCUT2D eigenvalue weighted by molar-refractivity contribution is 8.18. The Morgan fingerprint density at radius 1 is 0.389 bits per heavy atom. The number of thioether (sulfide) groups is 4. The number of carboxylic acid groups (broad SMARTS) is 1. The highest BCUT2D eigenvalue weighted by Gasteiger charge is 2.36. The number of carbonyl (C=O) groups is 4. The minimum atomic E-state index is -4.20. The van der Waals surface area contributed by atoms with Gasteiger partial charge in [-0.15, -0.1) is 47.0 Å². The fourth-order valence-electron chi connectivity index (χ4n) is 9.73. The Morgan fingerprint density at radius 2 is 0.611 bits per heavy atom. The summed E-state index contributed by atoms with van der Waals surface area (Å²) in [6.45, 7) is 59.0. The lowest BCUT2D eigenvalue weighted by molar-refractivity contribution is -0.142. The molecule has 0 fully saturated rings. The summed E-state index contributed by atoms with van der Waals surface area (Å²) in [4.78, 5) is 53.3. The molecule has 0 aliphatic heterocycles. The number of amides is 1. The van der Waals surface area contributed by atoms with Gasteiger partial charge < -0.3 is 30.1 Å². The van der Waals surface area contributed by atoms with Crippen molar-refractivity contribution in [2.45, 2.75) is 291 Å². The van der Waals surface area contributed by atoms with Gasteiger partial charge >= 0.3 is 17.9 Å². The summed E-state index contributed by atoms with van der Waals surface area (Å²) in [5.41, 5.74) is 5.01. The van der Waals surface area contributed by atoms with Crippen LogP contribution in [0.5, 0.6) is 23.0 Å². The van der Waals surface area contributed by atoms with Crippen LogP contribution >= 0.6 is 47.0 Å². The fraction of sp³-hybridized carbons (Fsp3) is 0.611. The average molecular weight is 1340 g/mol. The number of aromatic hydroxyl groups is 2. The Hall–Kier alpha value is -4.33. The molecule has 90 heavy (non-hydrogen) atoms. The smallest absolute Gasteiger partial charge is 0.311 e. The van der Waals surface area contributed by atoms with E-state index < -0.39 is 39.7 Å². The van der Waals surface area contributed by atoms with E-state index in [0.29, 0.717) is 23.0 Å². The molecule has 4 rings (SSSR count). The largest absolute Gasteiger partial charge is 0.507 e. The van der Waals surface area contributed by atoms with E-state index in [1.54, 1.807) is 47.0 Å². The predicted octanol–water partition coefficient (Wildman–Crippen LogP) is 18.9. The van der Waals surface area contributed by atoms with Gasteiger partial charge in [-0.2, -0.15) is 8.42 Å². The number of rotatable bonds is 19. The van der Waals surface area contributed by atoms with E-state index in [1.807, 2.05) is 0 Å². The number of carboxylic acids is 1. The summed E-state index contributed by atoms with van der Waals surface area (Å²) < 4.78 is 42.0. The molecule has 5 N–H and O–H groups in total. The molecule has 13 nitrogen and oxygen atoms in total. The molecule has 0 aliphatic rings. The molecule has 0 radical (unpaired) electrons. The second-order valence-electron chi connectivity index (χ2n) is 32.6. The molecule has 0 atom stereocenters. The third-order valence-electron chi connectivity index (χ3n) is 14.4. The first-order valence-corrected chi connectivity index (χ1v) is 35.8. The molecule has 0 aromatic heterocycles. The van der Waals surface area contributed by atoms with Gasteiger partial charge in [0.25, 0.3) is 10.1 Å². The molecule has 0 heterocycles. The number of aliphatic carboxylic acids is 1. The van der Waals surface area contributed by atoms with Crippen molar-refractivity contribution in [2.75, 3.05) is 12.3 Å². The first kappa shape index (κ1) is 79.9. The molecule has 0 unspecified atom stereocenters. The van der Waals surface area contributed by atoms with Crippen LogP contribution < -0.4 is 14.8 Å². The van der Waals surface area contributed by atoms with Crippen LogP contribution in [0, 0.1) is 0 Å². The van der Waals surface area contributed by atoms with Crippen LogP contribution in [0.3, 0.4) is 0 Å². The van der Waals surface area contributed by atoms with E-state index >= 15 is 0 Å². The first-order valence-electron chi connectivity index (χ1n) is 30.9. The van der Waals surface area contributed by atoms with Crippen molar-refractivity contribution in [3.63, 3.8) is 0 Å². The minimum absolute atomic E-state index is 0.176. The predicted molar refractivity (Wildman–Crippen MR) is 377 cm³/mol. The number of carbonyl (C=O) groups excluding carboxylic acids is 3. The quantitative estimate of drug-likeness (QED) is 0.0194. The molecule has 0 spiro atoms. The molecule has 0 saturated heterocycles. The second kappa shape index (κ2) is 29.1. The normalized spacial score (nSPS) is 13.3. The summed E-state index contributed by atoms with van der Waals surface area (Å²) in [5, 5.41) is 33.9. The molecular weight excluding hydrogens is 1230 g/mol. The van der Waals surface area contributed by atoms with Crippen LogP contribution in [0.1, 0.15) is 264 Å². The Kier molecular flexibility index (Phi) is 25.9. The third kappa shape index (κ3) is 24.5. The van der Waals surface area contributed by atoms with Crippen molar-refractivity contribution in [2.24, 2.45) is 0 Å². The lowest BCUT2D eigenvalue weighted by Crippen LogP contribution is -2.29. The molecule has 1 amide bonds. The third-order valence-corrected chi connectivity index (χ3v) is 20.0. The van der Waals surface area contributed by atoms with Crippen LogP contribution in [0.15, 0.2) is 68.1 Å². The molecular formula is C72H109NO12S5. The zero-order valence-electron chi connectivity index (χ0n) is 59.5. The highest BCUT2D eigenvalue weighted by Crippen LogP contribution is 2.54. The lowest BCUT2D eigenvalue weighted by Gasteiger charge is -2.32. The number of phenols is 2. The van der Waals surface area contributed by atoms with E-state index in [2.05, 4.69) is 248 Å². The molecule has 18 heteroatoms. The number of ether oxygens (including phenoxy) is 2. The number of esters is 2. The van der Waals surface area contributed by atoms with Gasteiger partial charge in [-0.1, -0.05) is 166 Å². The van der Waals surface area contributed by atoms with E-state index in [0.717, 1.165) is 64.1 Å². The van der Waals surface area contributed by atoms with Crippen molar-refractivity contribution >= 4 is 81.0 Å². The summed E-state index contributed by atoms with van der Waals surface area (Å²) in [7, 11) is -4.20. The first-order chi connectivity index (χ1) is 40.1. The summed E-state index contributed by atoms with van der Waals surface area (Å²) >= 11 is 7.01. The van der Waals surface area contributed by atoms with Crippen molar-refractivity contribution in [1.29, 1.82) is 0 Å². The molecule has 0 saturated carbocycles. The number of nitrogens with one attached hydrogen (secondary N) is 1. The zero-order valence-corrected chi connectivity index (χ0v) is 63.5. The van der Waals surface area contributed by atoms with Gasteiger partial charge in [0.2, 0.25) is 5.91 Å². The minimum Gasteiger partial charge on any atom is -0.507 e. The van der Waals surface area contributed by atoms with E-state index in [4.69, 9.17) is 19.1 Å². The molecule has 0 aliphatic carbocycles. The topological polar surface area (TPSA) is 214 Å². The van der Waals surface area contributed by atoms with Gasteiger partial charge in [-0.3, -0.25) is 23.7 Å². The standard InChI is InChI=1S/C37H57NO7S3.C35H52O5S2/c1-33(2,3)25-19-23(20-26(31(25)41)34(4,5)6)46-37(13,14)47-24-21-27(35(7,8)9)32(28(22-24)36(10,11)12)45-30(40)16-15-29(39)38-17-18-48(42,43)44;1-31(2,3)23-17-21(18-24(29(23)39)32(4,5)6)41-35(13,14)42-22-19-25(33(7,8)9)30(26(20-22)34(10,11)12)40-28(38)16-15-27(36)37/h19-22,41H,15-18H2,1-14H3,(H,38,39)(H,42,43,44);17-20,39H,15-16H2,1-14H3,(H,36,37). The van der Waals surface area contributed by atoms with Crippen LogP contribution in [0.25, 0.3) is 0 Å². The highest BCUT2D eigenvalue weighted by atomic mass is 32.2. The Morgan fingerprint density at radius 3 is 0.822 bits per heavy atom. The van der Waals surface area contributed by atoms with Gasteiger partial charge in [0.15, 0.2) is 0 Å². The van der Waals surface area contributed by atoms with E-state index in [1.165, 1.54) is 0 Å². The molecule has 4 aromatic rings. The number of phenolic OH excluding ortho intramolecular Hbond substituents is 2. The molecule has 0 bridgehead atoms. The van der Waals surface area contributed by atoms with Crippen LogP contribution in [0.4, 0.5) is 0 Å². The van der Waals surface area contributed by atoms with Crippen molar-refractivity contribution in [3.8, 4) is 23.0 Å². The summed E-state index contributed by atoms with van der Waals surface area (Å²) in [6.07, 6.45) is -0.809. The van der Waals surface area contributed by atoms with Gasteiger partial charge in [0.1, 0.15) is 23.0 Å². The molecule has 504 valence electrons. The van der Waals surface area contributed by atoms with Gasteiger partial charge in [0.05, 0.1) is 33.2 Å². The summed E-state index contributed by atoms with van der Waals surface area (Å²) in [6, 6.07) is 16.9. The SMILES string of the molecule is CC(C)(Sc1cc(C(C)(C)C)c(O)c(C(C)(C)C)c1)Sc1cc(C(C)(C)C)c(OC(=O)CCC(=O)NCCS(=O)(=O)O)c(C(C)(C)C)c1.CC(C)(Sc1cc(C(C)(C)C)c(O)c(C(C)(C)C)c1)Sc1cc(C(C)(C)C)c(OC(=O)CCC(=O)O)c(C(C)(C)C)c1. The van der Waals surface area contributed by atoms with Crippen molar-refractivity contribution < 1.29 is 56.9 Å². The number of hydrogen-bond donors (Lipinski definition) is 5. The number of benzene rings is 4. The maximum Gasteiger partial charge on any atom is 0.311 e. The Bertz CT molecular complexity index is 3220. The maximum absolute atomic E-state index is 13.1. The van der Waals surface area contributed by atoms with Gasteiger partial charge in [-0.05, 0) is 120 Å². The van der Waals surface area contributed by atoms with Crippen LogP contribution in [0.2, 0.25) is 0 Å². The Balaban J connectivity index is 0.000000474. The van der Waals surface area contributed by atoms with Crippen molar-refractivity contribution in [3.05, 3.63) is 93.0 Å². The lowest BCUT2D eigenvalue weighted by atomic mass is 9.79. The van der Waals surface area contributed by atoms with Crippen molar-refractivity contribution in [1.82, 2.24) is 5.32 Å². The average Bonchev–Trinajstić information content (AvgIpc) is 3.05. The van der Waals surface area contributed by atoms with E-state index in [9.17, 15) is 37.8 Å². The number of hydrogen-bond acceptors (Lipinski definition) is 14. The second-order valence-corrected chi connectivity index (χ2v) is 41.5. The fourth-order valence-corrected chi connectivity index (χ4v) is 15.3.